The number of aryl methyl sites for hydroxylation is 1. The van der Waals surface area contributed by atoms with Gasteiger partial charge in [0.2, 0.25) is 0 Å². The molecule has 0 fully saturated rings. The van der Waals surface area contributed by atoms with Crippen LogP contribution in [0.15, 0.2) is 30.5 Å². The summed E-state index contributed by atoms with van der Waals surface area (Å²) in [5, 5.41) is 9.56. The van der Waals surface area contributed by atoms with Crippen molar-refractivity contribution in [3.63, 3.8) is 0 Å². The number of aromatic nitrogens is 1. The highest BCUT2D eigenvalue weighted by atomic mass is 79.9. The van der Waals surface area contributed by atoms with Gasteiger partial charge in [0.05, 0.1) is 11.2 Å². The smallest absolute Gasteiger partial charge is 0.304 e. The Kier molecular flexibility index (Phi) is 3.52. The molecule has 1 atom stereocenters. The van der Waals surface area contributed by atoms with Crippen LogP contribution < -0.4 is 0 Å². The zero-order chi connectivity index (χ0) is 13.3. The third-order valence-corrected chi connectivity index (χ3v) is 3.54. The quantitative estimate of drug-likeness (QED) is 0.697. The number of rotatable bonds is 4. The van der Waals surface area contributed by atoms with Crippen molar-refractivity contribution in [1.29, 1.82) is 0 Å². The number of Topliss-reactive ketones (excluding diaryl/α,β-unsaturated/α-hetero) is 1. The summed E-state index contributed by atoms with van der Waals surface area (Å²) in [5.74, 6) is -1.19. The van der Waals surface area contributed by atoms with E-state index in [0.717, 1.165) is 10.9 Å². The molecule has 0 saturated carbocycles. The van der Waals surface area contributed by atoms with Gasteiger partial charge in [-0.1, -0.05) is 34.1 Å². The molecule has 0 aliphatic rings. The molecule has 0 bridgehead atoms. The first-order chi connectivity index (χ1) is 8.50. The zero-order valence-electron chi connectivity index (χ0n) is 9.76. The Morgan fingerprint density at radius 2 is 2.06 bits per heavy atom. The van der Waals surface area contributed by atoms with Gasteiger partial charge in [-0.05, 0) is 6.07 Å². The van der Waals surface area contributed by atoms with Gasteiger partial charge in [-0.25, -0.2) is 0 Å². The van der Waals surface area contributed by atoms with Crippen LogP contribution in [-0.4, -0.2) is 26.3 Å². The van der Waals surface area contributed by atoms with Crippen molar-refractivity contribution in [3.8, 4) is 0 Å². The van der Waals surface area contributed by atoms with Crippen molar-refractivity contribution >= 4 is 38.6 Å². The van der Waals surface area contributed by atoms with Gasteiger partial charge in [-0.15, -0.1) is 0 Å². The second-order valence-corrected chi connectivity index (χ2v) is 5.21. The summed E-state index contributed by atoms with van der Waals surface area (Å²) in [7, 11) is 1.86. The number of para-hydroxylation sites is 1. The maximum Gasteiger partial charge on any atom is 0.304 e. The van der Waals surface area contributed by atoms with E-state index in [0.29, 0.717) is 5.56 Å². The van der Waals surface area contributed by atoms with E-state index in [-0.39, 0.29) is 12.2 Å². The van der Waals surface area contributed by atoms with Crippen LogP contribution in [0, 0.1) is 0 Å². The molecule has 4 nitrogen and oxygen atoms in total. The van der Waals surface area contributed by atoms with Gasteiger partial charge in [0.25, 0.3) is 0 Å². The van der Waals surface area contributed by atoms with Crippen LogP contribution in [0.25, 0.3) is 10.9 Å². The third-order valence-electron chi connectivity index (χ3n) is 2.80. The molecule has 1 N–H and O–H groups in total. The van der Waals surface area contributed by atoms with Crippen LogP contribution in [0.5, 0.6) is 0 Å². The molecule has 2 aromatic rings. The Bertz CT molecular complexity index is 618. The number of halogens is 1. The van der Waals surface area contributed by atoms with Gasteiger partial charge in [-0.2, -0.15) is 0 Å². The molecule has 0 aliphatic heterocycles. The van der Waals surface area contributed by atoms with Crippen LogP contribution in [0.2, 0.25) is 0 Å². The van der Waals surface area contributed by atoms with Crippen LogP contribution in [0.3, 0.4) is 0 Å². The van der Waals surface area contributed by atoms with E-state index in [1.807, 2.05) is 35.9 Å². The number of hydrogen-bond acceptors (Lipinski definition) is 2. The Labute approximate surface area is 112 Å². The largest absolute Gasteiger partial charge is 0.481 e. The molecule has 0 spiro atoms. The number of aliphatic carboxylic acids is 1. The fourth-order valence-corrected chi connectivity index (χ4v) is 2.48. The lowest BCUT2D eigenvalue weighted by Crippen LogP contribution is -2.17. The SMILES string of the molecule is Cn1cc(C(=O)C(Br)CC(=O)O)c2ccccc21. The molecular weight excluding hydrogens is 298 g/mol. The van der Waals surface area contributed by atoms with Crippen LogP contribution in [-0.2, 0) is 11.8 Å². The van der Waals surface area contributed by atoms with Crippen LogP contribution >= 0.6 is 15.9 Å². The van der Waals surface area contributed by atoms with E-state index >= 15 is 0 Å². The first-order valence-corrected chi connectivity index (χ1v) is 6.36. The second kappa shape index (κ2) is 4.94. The molecule has 18 heavy (non-hydrogen) atoms. The molecule has 1 aromatic carbocycles. The Morgan fingerprint density at radius 1 is 1.39 bits per heavy atom. The number of carbonyl (C=O) groups excluding carboxylic acids is 1. The first kappa shape index (κ1) is 12.8. The molecule has 2 rings (SSSR count). The summed E-state index contributed by atoms with van der Waals surface area (Å²) < 4.78 is 1.86. The van der Waals surface area contributed by atoms with Gasteiger partial charge in [0.1, 0.15) is 0 Å². The fraction of sp³-hybridized carbons (Fsp3) is 0.231. The summed E-state index contributed by atoms with van der Waals surface area (Å²) in [6.45, 7) is 0. The predicted molar refractivity (Wildman–Crippen MR) is 72.2 cm³/mol. The van der Waals surface area contributed by atoms with Gasteiger partial charge in [0.15, 0.2) is 5.78 Å². The van der Waals surface area contributed by atoms with Crippen molar-refractivity contribution in [1.82, 2.24) is 4.57 Å². The number of benzene rings is 1. The van der Waals surface area contributed by atoms with Crippen molar-refractivity contribution < 1.29 is 14.7 Å². The molecule has 0 aliphatic carbocycles. The molecule has 1 heterocycles. The van der Waals surface area contributed by atoms with Gasteiger partial charge in [-0.3, -0.25) is 9.59 Å². The molecule has 0 amide bonds. The number of carbonyl (C=O) groups is 2. The van der Waals surface area contributed by atoms with E-state index in [1.54, 1.807) is 6.20 Å². The number of hydrogen-bond donors (Lipinski definition) is 1. The van der Waals surface area contributed by atoms with E-state index in [9.17, 15) is 9.59 Å². The second-order valence-electron chi connectivity index (χ2n) is 4.10. The average molecular weight is 310 g/mol. The van der Waals surface area contributed by atoms with Gasteiger partial charge in [0, 0.05) is 29.7 Å². The minimum absolute atomic E-state index is 0.200. The maximum atomic E-state index is 12.2. The van der Waals surface area contributed by atoms with Crippen molar-refractivity contribution in [2.24, 2.45) is 7.05 Å². The number of carboxylic acid groups (broad SMARTS) is 1. The van der Waals surface area contributed by atoms with Gasteiger partial charge >= 0.3 is 5.97 Å². The van der Waals surface area contributed by atoms with Crippen LogP contribution in [0.4, 0.5) is 0 Å². The van der Waals surface area contributed by atoms with Crippen LogP contribution in [0.1, 0.15) is 16.8 Å². The minimum atomic E-state index is -0.995. The third kappa shape index (κ3) is 2.31. The lowest BCUT2D eigenvalue weighted by atomic mass is 10.1. The standard InChI is InChI=1S/C13H12BrNO3/c1-15-7-9(8-4-2-3-5-11(8)15)13(18)10(14)6-12(16)17/h2-5,7,10H,6H2,1H3,(H,16,17). The average Bonchev–Trinajstić information content (AvgIpc) is 2.66. The summed E-state index contributed by atoms with van der Waals surface area (Å²) in [6, 6.07) is 7.55. The fourth-order valence-electron chi connectivity index (χ4n) is 1.95. The molecule has 5 heteroatoms. The zero-order valence-corrected chi connectivity index (χ0v) is 11.3. The summed E-state index contributed by atoms with van der Waals surface area (Å²) in [5.41, 5.74) is 1.51. The number of alkyl halides is 1. The first-order valence-electron chi connectivity index (χ1n) is 5.45. The normalized spacial score (nSPS) is 12.6. The topological polar surface area (TPSA) is 59.3 Å². The van der Waals surface area contributed by atoms with Gasteiger partial charge < -0.3 is 9.67 Å². The Balaban J connectivity index is 2.42. The number of ketones is 1. The van der Waals surface area contributed by atoms with E-state index < -0.39 is 10.8 Å². The van der Waals surface area contributed by atoms with E-state index in [4.69, 9.17) is 5.11 Å². The highest BCUT2D eigenvalue weighted by molar-refractivity contribution is 9.10. The molecule has 0 radical (unpaired) electrons. The van der Waals surface area contributed by atoms with Crippen molar-refractivity contribution in [2.75, 3.05) is 0 Å². The van der Waals surface area contributed by atoms with Crippen molar-refractivity contribution in [2.45, 2.75) is 11.2 Å². The molecule has 94 valence electrons. The number of fused-ring (bicyclic) bond motifs is 1. The lowest BCUT2D eigenvalue weighted by Gasteiger charge is -2.04. The monoisotopic (exact) mass is 309 g/mol. The summed E-state index contributed by atoms with van der Waals surface area (Å²) in [6.07, 6.45) is 1.52. The predicted octanol–water partition coefficient (Wildman–Crippen LogP) is 2.60. The summed E-state index contributed by atoms with van der Waals surface area (Å²) in [4.78, 5) is 22.1. The van der Waals surface area contributed by atoms with Crippen molar-refractivity contribution in [3.05, 3.63) is 36.0 Å². The Morgan fingerprint density at radius 3 is 2.72 bits per heavy atom. The number of nitrogens with zero attached hydrogens (tertiary/aromatic N) is 1. The maximum absolute atomic E-state index is 12.2. The van der Waals surface area contributed by atoms with E-state index in [2.05, 4.69) is 15.9 Å². The molecule has 1 aromatic heterocycles. The molecule has 0 saturated heterocycles. The van der Waals surface area contributed by atoms with E-state index in [1.165, 1.54) is 0 Å². The highest BCUT2D eigenvalue weighted by Gasteiger charge is 2.23. The number of carboxylic acids is 1. The minimum Gasteiger partial charge on any atom is -0.481 e. The Hall–Kier alpha value is -1.62. The molecule has 1 unspecified atom stereocenters. The highest BCUT2D eigenvalue weighted by Crippen LogP contribution is 2.24. The molecular formula is C13H12BrNO3. The summed E-state index contributed by atoms with van der Waals surface area (Å²) >= 11 is 3.14. The lowest BCUT2D eigenvalue weighted by molar-refractivity contribution is -0.136.